The Bertz CT molecular complexity index is 1120. The first kappa shape index (κ1) is 19.6. The van der Waals surface area contributed by atoms with Crippen LogP contribution in [-0.2, 0) is 21.6 Å². The number of nitrogens with zero attached hydrogens (tertiary/aromatic N) is 2. The lowest BCUT2D eigenvalue weighted by atomic mass is 9.69. The summed E-state index contributed by atoms with van der Waals surface area (Å²) >= 11 is 6.19. The minimum Gasteiger partial charge on any atom is -0.458 e. The van der Waals surface area contributed by atoms with Gasteiger partial charge in [0.25, 0.3) is 5.56 Å². The van der Waals surface area contributed by atoms with Crippen molar-refractivity contribution in [2.24, 2.45) is 0 Å². The fourth-order valence-corrected chi connectivity index (χ4v) is 4.40. The predicted molar refractivity (Wildman–Crippen MR) is 112 cm³/mol. The quantitative estimate of drug-likeness (QED) is 0.589. The van der Waals surface area contributed by atoms with Gasteiger partial charge in [-0.3, -0.25) is 14.0 Å². The van der Waals surface area contributed by atoms with Gasteiger partial charge >= 0.3 is 5.97 Å². The zero-order valence-corrected chi connectivity index (χ0v) is 17.1. The highest BCUT2D eigenvalue weighted by molar-refractivity contribution is 6.30. The molecule has 0 unspecified atom stereocenters. The SMILES string of the molecule is Cc1cccn2c(=O)cc(COC(=O)C3(c4cccc(Cl)c4)CCCCC3)nc12. The van der Waals surface area contributed by atoms with Gasteiger partial charge in [0.05, 0.1) is 11.1 Å². The van der Waals surface area contributed by atoms with E-state index in [1.54, 1.807) is 6.20 Å². The summed E-state index contributed by atoms with van der Waals surface area (Å²) < 4.78 is 7.21. The van der Waals surface area contributed by atoms with Gasteiger partial charge in [-0.1, -0.05) is 49.1 Å². The molecule has 2 heterocycles. The average molecular weight is 411 g/mol. The maximum Gasteiger partial charge on any atom is 0.316 e. The molecular formula is C23H23ClN2O3. The molecule has 1 aromatic carbocycles. The van der Waals surface area contributed by atoms with Gasteiger partial charge in [-0.15, -0.1) is 0 Å². The molecule has 1 aliphatic rings. The molecule has 150 valence electrons. The van der Waals surface area contributed by atoms with Gasteiger partial charge in [-0.2, -0.15) is 0 Å². The fourth-order valence-electron chi connectivity index (χ4n) is 4.21. The summed E-state index contributed by atoms with van der Waals surface area (Å²) in [4.78, 5) is 30.2. The number of benzene rings is 1. The number of aromatic nitrogens is 2. The van der Waals surface area contributed by atoms with Crippen molar-refractivity contribution in [3.63, 3.8) is 0 Å². The van der Waals surface area contributed by atoms with Crippen LogP contribution < -0.4 is 5.56 Å². The number of hydrogen-bond donors (Lipinski definition) is 0. The van der Waals surface area contributed by atoms with Gasteiger partial charge in [-0.25, -0.2) is 4.98 Å². The van der Waals surface area contributed by atoms with Crippen molar-refractivity contribution in [3.05, 3.63) is 80.9 Å². The van der Waals surface area contributed by atoms with Gasteiger partial charge in [0.1, 0.15) is 12.3 Å². The van der Waals surface area contributed by atoms with Crippen molar-refractivity contribution >= 4 is 23.2 Å². The zero-order chi connectivity index (χ0) is 20.4. The highest BCUT2D eigenvalue weighted by atomic mass is 35.5. The van der Waals surface area contributed by atoms with Gasteiger partial charge in [0.2, 0.25) is 0 Å². The van der Waals surface area contributed by atoms with Gasteiger partial charge < -0.3 is 4.74 Å². The van der Waals surface area contributed by atoms with Crippen LogP contribution in [0, 0.1) is 6.92 Å². The van der Waals surface area contributed by atoms with Crippen LogP contribution in [-0.4, -0.2) is 15.4 Å². The Labute approximate surface area is 174 Å². The van der Waals surface area contributed by atoms with Crippen LogP contribution in [0.1, 0.15) is 48.9 Å². The molecule has 5 nitrogen and oxygen atoms in total. The summed E-state index contributed by atoms with van der Waals surface area (Å²) in [6.07, 6.45) is 6.20. The summed E-state index contributed by atoms with van der Waals surface area (Å²) in [5, 5.41) is 0.611. The van der Waals surface area contributed by atoms with Crippen LogP contribution in [0.5, 0.6) is 0 Å². The average Bonchev–Trinajstić information content (AvgIpc) is 2.73. The van der Waals surface area contributed by atoms with E-state index in [0.29, 0.717) is 16.4 Å². The molecule has 1 aliphatic carbocycles. The predicted octanol–water partition coefficient (Wildman–Crippen LogP) is 4.60. The molecule has 0 bridgehead atoms. The molecule has 0 spiro atoms. The number of ether oxygens (including phenoxy) is 1. The van der Waals surface area contributed by atoms with Crippen molar-refractivity contribution in [1.82, 2.24) is 9.38 Å². The molecule has 0 N–H and O–H groups in total. The topological polar surface area (TPSA) is 60.7 Å². The molecule has 0 radical (unpaired) electrons. The van der Waals surface area contributed by atoms with E-state index in [0.717, 1.165) is 43.2 Å². The first-order valence-corrected chi connectivity index (χ1v) is 10.3. The number of carbonyl (C=O) groups excluding carboxylic acids is 1. The number of carbonyl (C=O) groups is 1. The Morgan fingerprint density at radius 3 is 2.72 bits per heavy atom. The molecule has 29 heavy (non-hydrogen) atoms. The Kier molecular flexibility index (Phi) is 5.41. The number of esters is 1. The van der Waals surface area contributed by atoms with Crippen LogP contribution >= 0.6 is 11.6 Å². The molecule has 0 saturated heterocycles. The minimum absolute atomic E-state index is 0.0266. The molecule has 0 atom stereocenters. The highest BCUT2D eigenvalue weighted by Gasteiger charge is 2.42. The molecule has 0 aliphatic heterocycles. The van der Waals surface area contributed by atoms with E-state index >= 15 is 0 Å². The van der Waals surface area contributed by atoms with E-state index in [9.17, 15) is 9.59 Å². The number of rotatable bonds is 4. The first-order valence-electron chi connectivity index (χ1n) is 9.91. The van der Waals surface area contributed by atoms with Crippen LogP contribution in [0.25, 0.3) is 5.65 Å². The number of halogens is 1. The van der Waals surface area contributed by atoms with Crippen LogP contribution in [0.3, 0.4) is 0 Å². The van der Waals surface area contributed by atoms with Gasteiger partial charge in [0.15, 0.2) is 0 Å². The van der Waals surface area contributed by atoms with Crippen molar-refractivity contribution < 1.29 is 9.53 Å². The Morgan fingerprint density at radius 2 is 1.97 bits per heavy atom. The number of aryl methyl sites for hydroxylation is 1. The zero-order valence-electron chi connectivity index (χ0n) is 16.4. The molecule has 3 aromatic rings. The van der Waals surface area contributed by atoms with Crippen LogP contribution in [0.4, 0.5) is 0 Å². The monoisotopic (exact) mass is 410 g/mol. The number of pyridine rings is 1. The number of fused-ring (bicyclic) bond motifs is 1. The molecule has 1 saturated carbocycles. The first-order chi connectivity index (χ1) is 14.0. The maximum absolute atomic E-state index is 13.2. The second kappa shape index (κ2) is 7.99. The lowest BCUT2D eigenvalue weighted by molar-refractivity contribution is -0.153. The summed E-state index contributed by atoms with van der Waals surface area (Å²) in [5.74, 6) is -0.272. The lowest BCUT2D eigenvalue weighted by Gasteiger charge is -2.35. The second-order valence-electron chi connectivity index (χ2n) is 7.70. The van der Waals surface area contributed by atoms with Crippen molar-refractivity contribution in [3.8, 4) is 0 Å². The standard InChI is InChI=1S/C23H23ClN2O3/c1-16-7-6-12-26-20(27)14-19(25-21(16)26)15-29-22(28)23(10-3-2-4-11-23)17-8-5-9-18(24)13-17/h5-9,12-14H,2-4,10-11,15H2,1H3. The minimum atomic E-state index is -0.690. The van der Waals surface area contributed by atoms with Crippen molar-refractivity contribution in [1.29, 1.82) is 0 Å². The van der Waals surface area contributed by atoms with Gasteiger partial charge in [0, 0.05) is 17.3 Å². The summed E-state index contributed by atoms with van der Waals surface area (Å²) in [6, 6.07) is 12.6. The molecule has 4 rings (SSSR count). The van der Waals surface area contributed by atoms with Crippen molar-refractivity contribution in [2.75, 3.05) is 0 Å². The Hall–Kier alpha value is -2.66. The molecular weight excluding hydrogens is 388 g/mol. The molecule has 2 aromatic heterocycles. The third-order valence-electron chi connectivity index (χ3n) is 5.77. The summed E-state index contributed by atoms with van der Waals surface area (Å²) in [6.45, 7) is 1.87. The summed E-state index contributed by atoms with van der Waals surface area (Å²) in [7, 11) is 0. The van der Waals surface area contributed by atoms with E-state index < -0.39 is 5.41 Å². The van der Waals surface area contributed by atoms with Crippen molar-refractivity contribution in [2.45, 2.75) is 51.0 Å². The van der Waals surface area contributed by atoms with E-state index in [1.807, 2.05) is 43.3 Å². The van der Waals surface area contributed by atoms with Gasteiger partial charge in [-0.05, 0) is 49.1 Å². The maximum atomic E-state index is 13.2. The van der Waals surface area contributed by atoms with E-state index in [1.165, 1.54) is 10.5 Å². The third kappa shape index (κ3) is 3.79. The van der Waals surface area contributed by atoms with E-state index in [2.05, 4.69) is 4.98 Å². The Morgan fingerprint density at radius 1 is 1.17 bits per heavy atom. The lowest BCUT2D eigenvalue weighted by Crippen LogP contribution is -2.39. The van der Waals surface area contributed by atoms with E-state index in [4.69, 9.17) is 16.3 Å². The smallest absolute Gasteiger partial charge is 0.316 e. The molecule has 6 heteroatoms. The van der Waals surface area contributed by atoms with E-state index in [-0.39, 0.29) is 18.1 Å². The summed E-state index contributed by atoms with van der Waals surface area (Å²) in [5.41, 5.74) is 1.94. The number of hydrogen-bond acceptors (Lipinski definition) is 4. The highest BCUT2D eigenvalue weighted by Crippen LogP contribution is 2.41. The molecule has 1 fully saturated rings. The normalized spacial score (nSPS) is 15.9. The Balaban J connectivity index is 1.61. The third-order valence-corrected chi connectivity index (χ3v) is 6.00. The largest absolute Gasteiger partial charge is 0.458 e. The fraction of sp³-hybridized carbons (Fsp3) is 0.348. The van der Waals surface area contributed by atoms with Crippen LogP contribution in [0.15, 0.2) is 53.5 Å². The molecule has 0 amide bonds. The van der Waals surface area contributed by atoms with Crippen LogP contribution in [0.2, 0.25) is 5.02 Å². The second-order valence-corrected chi connectivity index (χ2v) is 8.14.